The van der Waals surface area contributed by atoms with Crippen LogP contribution in [0.2, 0.25) is 0 Å². The Balaban J connectivity index is 1.61. The first-order valence-corrected chi connectivity index (χ1v) is 9.16. The Morgan fingerprint density at radius 2 is 1.81 bits per heavy atom. The van der Waals surface area contributed by atoms with Crippen LogP contribution in [0.1, 0.15) is 30.9 Å². The van der Waals surface area contributed by atoms with Gasteiger partial charge in [-0.15, -0.1) is 0 Å². The van der Waals surface area contributed by atoms with Crippen LogP contribution in [0.4, 0.5) is 10.5 Å². The molecule has 1 aliphatic heterocycles. The topological polar surface area (TPSA) is 61.4 Å². The SMILES string of the molecule is CCc1ccccc1NC(=O)[C@H]1CCCN1C(=O)NCc1ccccc1. The van der Waals surface area contributed by atoms with Crippen LogP contribution in [-0.2, 0) is 17.8 Å². The minimum atomic E-state index is -0.421. The standard InChI is InChI=1S/C21H25N3O2/c1-2-17-11-6-7-12-18(17)23-20(25)19-13-8-14-24(19)21(26)22-15-16-9-4-3-5-10-16/h3-7,9-12,19H,2,8,13-15H2,1H3,(H,22,26)(H,23,25)/t19-/m1/s1. The maximum Gasteiger partial charge on any atom is 0.318 e. The number of urea groups is 1. The predicted octanol–water partition coefficient (Wildman–Crippen LogP) is 3.56. The first-order chi connectivity index (χ1) is 12.7. The van der Waals surface area contributed by atoms with Gasteiger partial charge in [0, 0.05) is 18.8 Å². The van der Waals surface area contributed by atoms with Crippen LogP contribution in [0.5, 0.6) is 0 Å². The van der Waals surface area contributed by atoms with Crippen LogP contribution in [0.3, 0.4) is 0 Å². The highest BCUT2D eigenvalue weighted by Gasteiger charge is 2.34. The predicted molar refractivity (Wildman–Crippen MR) is 103 cm³/mol. The fraction of sp³-hybridized carbons (Fsp3) is 0.333. The van der Waals surface area contributed by atoms with Gasteiger partial charge in [0.25, 0.3) is 0 Å². The van der Waals surface area contributed by atoms with Crippen LogP contribution in [0, 0.1) is 0 Å². The van der Waals surface area contributed by atoms with E-state index in [1.165, 1.54) is 0 Å². The van der Waals surface area contributed by atoms with E-state index in [2.05, 4.69) is 17.6 Å². The molecule has 3 rings (SSSR count). The molecule has 0 radical (unpaired) electrons. The molecule has 2 N–H and O–H groups in total. The van der Waals surface area contributed by atoms with Crippen molar-refractivity contribution in [3.05, 3.63) is 65.7 Å². The second-order valence-corrected chi connectivity index (χ2v) is 6.50. The third kappa shape index (κ3) is 4.23. The molecule has 5 nitrogen and oxygen atoms in total. The summed E-state index contributed by atoms with van der Waals surface area (Å²) < 4.78 is 0. The summed E-state index contributed by atoms with van der Waals surface area (Å²) in [5.74, 6) is -0.113. The number of amides is 3. The lowest BCUT2D eigenvalue weighted by Crippen LogP contribution is -2.47. The quantitative estimate of drug-likeness (QED) is 0.865. The van der Waals surface area contributed by atoms with Crippen molar-refractivity contribution in [3.8, 4) is 0 Å². The van der Waals surface area contributed by atoms with Crippen LogP contribution in [0.15, 0.2) is 54.6 Å². The van der Waals surface area contributed by atoms with Crippen LogP contribution >= 0.6 is 0 Å². The highest BCUT2D eigenvalue weighted by atomic mass is 16.2. The fourth-order valence-electron chi connectivity index (χ4n) is 3.32. The molecule has 0 bridgehead atoms. The van der Waals surface area contributed by atoms with Crippen molar-refractivity contribution in [1.82, 2.24) is 10.2 Å². The van der Waals surface area contributed by atoms with Crippen molar-refractivity contribution in [2.75, 3.05) is 11.9 Å². The summed E-state index contributed by atoms with van der Waals surface area (Å²) in [7, 11) is 0. The third-order valence-corrected chi connectivity index (χ3v) is 4.76. The number of carbonyl (C=O) groups is 2. The number of likely N-dealkylation sites (tertiary alicyclic amines) is 1. The van der Waals surface area contributed by atoms with Gasteiger partial charge in [0.15, 0.2) is 0 Å². The molecule has 5 heteroatoms. The van der Waals surface area contributed by atoms with E-state index >= 15 is 0 Å². The summed E-state index contributed by atoms with van der Waals surface area (Å²) >= 11 is 0. The molecule has 1 saturated heterocycles. The van der Waals surface area contributed by atoms with E-state index < -0.39 is 6.04 Å². The van der Waals surface area contributed by atoms with Gasteiger partial charge in [-0.1, -0.05) is 55.5 Å². The number of anilines is 1. The molecule has 0 spiro atoms. The lowest BCUT2D eigenvalue weighted by Gasteiger charge is -2.24. The maximum atomic E-state index is 12.7. The first-order valence-electron chi connectivity index (χ1n) is 9.16. The maximum absolute atomic E-state index is 12.7. The van der Waals surface area contributed by atoms with Gasteiger partial charge in [-0.3, -0.25) is 4.79 Å². The summed E-state index contributed by atoms with van der Waals surface area (Å²) in [6, 6.07) is 17.0. The third-order valence-electron chi connectivity index (χ3n) is 4.76. The van der Waals surface area contributed by atoms with Crippen molar-refractivity contribution in [3.63, 3.8) is 0 Å². The molecule has 0 unspecified atom stereocenters. The number of nitrogens with zero attached hydrogens (tertiary/aromatic N) is 1. The van der Waals surface area contributed by atoms with Crippen molar-refractivity contribution >= 4 is 17.6 Å². The van der Waals surface area contributed by atoms with Gasteiger partial charge in [0.1, 0.15) is 6.04 Å². The Morgan fingerprint density at radius 1 is 1.08 bits per heavy atom. The number of rotatable bonds is 5. The second-order valence-electron chi connectivity index (χ2n) is 6.50. The van der Waals surface area contributed by atoms with Crippen molar-refractivity contribution in [1.29, 1.82) is 0 Å². The molecule has 136 valence electrons. The van der Waals surface area contributed by atoms with Crippen molar-refractivity contribution < 1.29 is 9.59 Å². The van der Waals surface area contributed by atoms with E-state index in [9.17, 15) is 9.59 Å². The Bertz CT molecular complexity index is 761. The molecule has 26 heavy (non-hydrogen) atoms. The van der Waals surface area contributed by atoms with E-state index in [1.54, 1.807) is 4.90 Å². The second kappa shape index (κ2) is 8.52. The number of benzene rings is 2. The van der Waals surface area contributed by atoms with Crippen LogP contribution < -0.4 is 10.6 Å². The number of hydrogen-bond donors (Lipinski definition) is 2. The number of aryl methyl sites for hydroxylation is 1. The van der Waals surface area contributed by atoms with Gasteiger partial charge in [-0.05, 0) is 36.5 Å². The minimum absolute atomic E-state index is 0.113. The zero-order chi connectivity index (χ0) is 18.4. The Kier molecular flexibility index (Phi) is 5.89. The number of nitrogens with one attached hydrogen (secondary N) is 2. The molecule has 1 heterocycles. The Hall–Kier alpha value is -2.82. The molecular weight excluding hydrogens is 326 g/mol. The normalized spacial score (nSPS) is 16.3. The highest BCUT2D eigenvalue weighted by Crippen LogP contribution is 2.21. The van der Waals surface area contributed by atoms with Gasteiger partial charge in [0.2, 0.25) is 5.91 Å². The largest absolute Gasteiger partial charge is 0.334 e. The summed E-state index contributed by atoms with van der Waals surface area (Å²) in [5.41, 5.74) is 2.97. The molecule has 1 aliphatic rings. The minimum Gasteiger partial charge on any atom is -0.334 e. The number of carbonyl (C=O) groups excluding carboxylic acids is 2. The smallest absolute Gasteiger partial charge is 0.318 e. The van der Waals surface area contributed by atoms with Gasteiger partial charge in [-0.2, -0.15) is 0 Å². The average Bonchev–Trinajstić information content (AvgIpc) is 3.17. The van der Waals surface area contributed by atoms with Gasteiger partial charge in [-0.25, -0.2) is 4.79 Å². The molecule has 0 saturated carbocycles. The van der Waals surface area contributed by atoms with E-state index in [1.807, 2.05) is 54.6 Å². The summed E-state index contributed by atoms with van der Waals surface area (Å²) in [6.45, 7) is 3.13. The fourth-order valence-corrected chi connectivity index (χ4v) is 3.32. The van der Waals surface area contributed by atoms with E-state index in [0.29, 0.717) is 19.5 Å². The Labute approximate surface area is 154 Å². The molecule has 1 fully saturated rings. The lowest BCUT2D eigenvalue weighted by molar-refractivity contribution is -0.119. The Morgan fingerprint density at radius 3 is 2.58 bits per heavy atom. The zero-order valence-corrected chi connectivity index (χ0v) is 15.1. The molecule has 2 aromatic carbocycles. The van der Waals surface area contributed by atoms with Gasteiger partial charge < -0.3 is 15.5 Å². The molecular formula is C21H25N3O2. The number of para-hydroxylation sites is 1. The van der Waals surface area contributed by atoms with E-state index in [0.717, 1.165) is 29.7 Å². The average molecular weight is 351 g/mol. The van der Waals surface area contributed by atoms with Crippen molar-refractivity contribution in [2.24, 2.45) is 0 Å². The highest BCUT2D eigenvalue weighted by molar-refractivity contribution is 5.97. The van der Waals surface area contributed by atoms with Gasteiger partial charge >= 0.3 is 6.03 Å². The molecule has 1 atom stereocenters. The molecule has 2 aromatic rings. The molecule has 0 aromatic heterocycles. The first kappa shape index (κ1) is 18.0. The van der Waals surface area contributed by atoms with Crippen molar-refractivity contribution in [2.45, 2.75) is 38.8 Å². The van der Waals surface area contributed by atoms with Crippen LogP contribution in [-0.4, -0.2) is 29.4 Å². The molecule has 3 amide bonds. The van der Waals surface area contributed by atoms with E-state index in [4.69, 9.17) is 0 Å². The van der Waals surface area contributed by atoms with Crippen LogP contribution in [0.25, 0.3) is 0 Å². The zero-order valence-electron chi connectivity index (χ0n) is 15.1. The van der Waals surface area contributed by atoms with Gasteiger partial charge in [0.05, 0.1) is 0 Å². The number of hydrogen-bond acceptors (Lipinski definition) is 2. The summed E-state index contributed by atoms with van der Waals surface area (Å²) in [5, 5.41) is 5.92. The van der Waals surface area contributed by atoms with E-state index in [-0.39, 0.29) is 11.9 Å². The summed E-state index contributed by atoms with van der Waals surface area (Å²) in [4.78, 5) is 26.9. The summed E-state index contributed by atoms with van der Waals surface area (Å²) in [6.07, 6.45) is 2.38. The lowest BCUT2D eigenvalue weighted by atomic mass is 10.1. The monoisotopic (exact) mass is 351 g/mol. The molecule has 0 aliphatic carbocycles.